The summed E-state index contributed by atoms with van der Waals surface area (Å²) in [5, 5.41) is 10.00. The molecule has 0 amide bonds. The third-order valence-electron chi connectivity index (χ3n) is 3.89. The quantitative estimate of drug-likeness (QED) is 0.586. The molecular formula is C17H20N4O3S2. The highest BCUT2D eigenvalue weighted by Crippen LogP contribution is 2.26. The second-order valence-corrected chi connectivity index (χ2v) is 8.49. The van der Waals surface area contributed by atoms with E-state index in [1.807, 2.05) is 12.1 Å². The van der Waals surface area contributed by atoms with Crippen molar-refractivity contribution in [1.82, 2.24) is 19.7 Å². The molecule has 1 aromatic carbocycles. The number of benzene rings is 1. The second kappa shape index (κ2) is 8.07. The predicted molar refractivity (Wildman–Crippen MR) is 99.7 cm³/mol. The topological polar surface area (TPSA) is 87.0 Å². The van der Waals surface area contributed by atoms with Gasteiger partial charge < -0.3 is 9.30 Å². The van der Waals surface area contributed by atoms with Crippen LogP contribution in [0.15, 0.2) is 41.1 Å². The minimum atomic E-state index is -3.63. The maximum absolute atomic E-state index is 12.7. The molecule has 0 saturated heterocycles. The highest BCUT2D eigenvalue weighted by Gasteiger charge is 2.23. The largest absolute Gasteiger partial charge is 0.383 e. The molecule has 0 fully saturated rings. The van der Waals surface area contributed by atoms with Gasteiger partial charge in [-0.1, -0.05) is 31.2 Å². The lowest BCUT2D eigenvalue weighted by Crippen LogP contribution is -2.15. The van der Waals surface area contributed by atoms with Gasteiger partial charge in [0.25, 0.3) is 0 Å². The highest BCUT2D eigenvalue weighted by molar-refractivity contribution is 7.90. The Morgan fingerprint density at radius 3 is 2.69 bits per heavy atom. The minimum Gasteiger partial charge on any atom is -0.383 e. The van der Waals surface area contributed by atoms with Crippen molar-refractivity contribution >= 4 is 21.2 Å². The number of nitrogens with zero attached hydrogens (tertiary/aromatic N) is 4. The van der Waals surface area contributed by atoms with E-state index in [4.69, 9.17) is 4.74 Å². The third kappa shape index (κ3) is 4.17. The molecule has 0 bridgehead atoms. The average Bonchev–Trinajstić information content (AvgIpc) is 3.29. The SMILES string of the molecule is CCc1ccc(-c2nc(CS(=O)(=O)c3nncn3CCOC)cs2)cc1. The van der Waals surface area contributed by atoms with Crippen LogP contribution in [-0.2, 0) is 33.3 Å². The van der Waals surface area contributed by atoms with Crippen LogP contribution in [0.4, 0.5) is 0 Å². The molecule has 0 saturated carbocycles. The Bertz CT molecular complexity index is 962. The van der Waals surface area contributed by atoms with E-state index in [1.165, 1.54) is 27.8 Å². The molecule has 0 aliphatic rings. The molecular weight excluding hydrogens is 372 g/mol. The van der Waals surface area contributed by atoms with Crippen LogP contribution in [0.1, 0.15) is 18.2 Å². The number of aryl methyl sites for hydroxylation is 1. The van der Waals surface area contributed by atoms with Gasteiger partial charge in [-0.3, -0.25) is 0 Å². The lowest BCUT2D eigenvalue weighted by molar-refractivity contribution is 0.184. The molecule has 2 heterocycles. The second-order valence-electron chi connectivity index (χ2n) is 5.75. The van der Waals surface area contributed by atoms with Crippen molar-refractivity contribution in [2.45, 2.75) is 30.8 Å². The molecule has 0 spiro atoms. The first-order chi connectivity index (χ1) is 12.5. The molecule has 0 radical (unpaired) electrons. The van der Waals surface area contributed by atoms with Crippen molar-refractivity contribution in [1.29, 1.82) is 0 Å². The fourth-order valence-electron chi connectivity index (χ4n) is 2.48. The van der Waals surface area contributed by atoms with Crippen molar-refractivity contribution in [3.63, 3.8) is 0 Å². The highest BCUT2D eigenvalue weighted by atomic mass is 32.2. The summed E-state index contributed by atoms with van der Waals surface area (Å²) in [7, 11) is -2.07. The van der Waals surface area contributed by atoms with E-state index in [0.717, 1.165) is 17.0 Å². The van der Waals surface area contributed by atoms with Crippen molar-refractivity contribution in [2.75, 3.05) is 13.7 Å². The van der Waals surface area contributed by atoms with E-state index in [0.29, 0.717) is 18.8 Å². The molecule has 0 unspecified atom stereocenters. The van der Waals surface area contributed by atoms with Gasteiger partial charge >= 0.3 is 0 Å². The Hall–Kier alpha value is -2.10. The Morgan fingerprint density at radius 2 is 2.00 bits per heavy atom. The number of methoxy groups -OCH3 is 1. The van der Waals surface area contributed by atoms with E-state index in [2.05, 4.69) is 34.2 Å². The summed E-state index contributed by atoms with van der Waals surface area (Å²) in [6, 6.07) is 8.14. The monoisotopic (exact) mass is 392 g/mol. The van der Waals surface area contributed by atoms with Gasteiger partial charge in [-0.15, -0.1) is 21.5 Å². The zero-order valence-electron chi connectivity index (χ0n) is 14.6. The first-order valence-electron chi connectivity index (χ1n) is 8.16. The summed E-state index contributed by atoms with van der Waals surface area (Å²) in [6.45, 7) is 2.87. The molecule has 0 N–H and O–H groups in total. The lowest BCUT2D eigenvalue weighted by atomic mass is 10.1. The lowest BCUT2D eigenvalue weighted by Gasteiger charge is -2.05. The van der Waals surface area contributed by atoms with Crippen molar-refractivity contribution in [3.05, 3.63) is 47.2 Å². The summed E-state index contributed by atoms with van der Waals surface area (Å²) >= 11 is 1.43. The Balaban J connectivity index is 1.78. The maximum atomic E-state index is 12.7. The normalized spacial score (nSPS) is 11.8. The van der Waals surface area contributed by atoms with Crippen molar-refractivity contribution in [2.24, 2.45) is 0 Å². The van der Waals surface area contributed by atoms with Gasteiger partial charge in [0.2, 0.25) is 15.0 Å². The molecule has 26 heavy (non-hydrogen) atoms. The Morgan fingerprint density at radius 1 is 1.23 bits per heavy atom. The van der Waals surface area contributed by atoms with Crippen LogP contribution in [0.3, 0.4) is 0 Å². The Labute approximate surface area is 156 Å². The molecule has 0 aliphatic heterocycles. The van der Waals surface area contributed by atoms with Crippen molar-refractivity contribution < 1.29 is 13.2 Å². The molecule has 7 nitrogen and oxygen atoms in total. The van der Waals surface area contributed by atoms with Crippen LogP contribution in [0.5, 0.6) is 0 Å². The number of rotatable bonds is 8. The summed E-state index contributed by atoms with van der Waals surface area (Å²) in [5.41, 5.74) is 2.74. The molecule has 3 aromatic rings. The molecule has 2 aromatic heterocycles. The number of aromatic nitrogens is 4. The van der Waals surface area contributed by atoms with E-state index in [1.54, 1.807) is 12.5 Å². The van der Waals surface area contributed by atoms with Gasteiger partial charge in [-0.25, -0.2) is 13.4 Å². The number of sulfone groups is 1. The van der Waals surface area contributed by atoms with Crippen LogP contribution in [0.2, 0.25) is 0 Å². The first-order valence-corrected chi connectivity index (χ1v) is 10.7. The van der Waals surface area contributed by atoms with Gasteiger partial charge in [0, 0.05) is 24.6 Å². The molecule has 0 aliphatic carbocycles. The molecule has 0 atom stereocenters. The number of hydrogen-bond donors (Lipinski definition) is 0. The van der Waals surface area contributed by atoms with Gasteiger partial charge in [-0.05, 0) is 12.0 Å². The fourth-order valence-corrected chi connectivity index (χ4v) is 4.74. The van der Waals surface area contributed by atoms with Crippen LogP contribution < -0.4 is 0 Å². The molecule has 3 rings (SSSR count). The predicted octanol–water partition coefficient (Wildman–Crippen LogP) is 2.58. The van der Waals surface area contributed by atoms with Crippen LogP contribution in [0, 0.1) is 0 Å². The maximum Gasteiger partial charge on any atom is 0.249 e. The van der Waals surface area contributed by atoms with Crippen molar-refractivity contribution in [3.8, 4) is 10.6 Å². The average molecular weight is 393 g/mol. The summed E-state index contributed by atoms with van der Waals surface area (Å²) in [4.78, 5) is 4.48. The van der Waals surface area contributed by atoms with Gasteiger partial charge in [0.05, 0.1) is 12.3 Å². The zero-order valence-corrected chi connectivity index (χ0v) is 16.3. The van der Waals surface area contributed by atoms with E-state index < -0.39 is 9.84 Å². The summed E-state index contributed by atoms with van der Waals surface area (Å²) in [6.07, 6.45) is 2.37. The smallest absolute Gasteiger partial charge is 0.249 e. The fraction of sp³-hybridized carbons (Fsp3) is 0.353. The number of hydrogen-bond acceptors (Lipinski definition) is 7. The van der Waals surface area contributed by atoms with E-state index in [-0.39, 0.29) is 10.9 Å². The molecule has 9 heteroatoms. The van der Waals surface area contributed by atoms with Crippen LogP contribution in [0.25, 0.3) is 10.6 Å². The van der Waals surface area contributed by atoms with Crippen LogP contribution in [-0.4, -0.2) is 41.9 Å². The standard InChI is InChI=1S/C17H20N4O3S2/c1-3-13-4-6-14(7-5-13)16-19-15(10-25-16)11-26(22,23)17-20-18-12-21(17)8-9-24-2/h4-7,10,12H,3,8-9,11H2,1-2H3. The zero-order chi connectivity index (χ0) is 18.6. The number of ether oxygens (including phenoxy) is 1. The summed E-state index contributed by atoms with van der Waals surface area (Å²) < 4.78 is 31.8. The number of thiazole rings is 1. The Kier molecular flexibility index (Phi) is 5.80. The summed E-state index contributed by atoms with van der Waals surface area (Å²) in [5.74, 6) is -0.206. The molecule has 138 valence electrons. The van der Waals surface area contributed by atoms with Gasteiger partial charge in [0.15, 0.2) is 0 Å². The van der Waals surface area contributed by atoms with Gasteiger partial charge in [-0.2, -0.15) is 0 Å². The van der Waals surface area contributed by atoms with Crippen LogP contribution >= 0.6 is 11.3 Å². The minimum absolute atomic E-state index is 0.0589. The third-order valence-corrected chi connectivity index (χ3v) is 6.38. The van der Waals surface area contributed by atoms with E-state index in [9.17, 15) is 8.42 Å². The van der Waals surface area contributed by atoms with Gasteiger partial charge in [0.1, 0.15) is 17.1 Å². The van der Waals surface area contributed by atoms with E-state index >= 15 is 0 Å². The first kappa shape index (κ1) is 18.7.